The van der Waals surface area contributed by atoms with Crippen molar-refractivity contribution in [3.8, 4) is 0 Å². The summed E-state index contributed by atoms with van der Waals surface area (Å²) >= 11 is 0. The molecule has 3 unspecified atom stereocenters. The Morgan fingerprint density at radius 3 is 2.95 bits per heavy atom. The zero-order valence-corrected chi connectivity index (χ0v) is 10.9. The molecule has 0 bridgehead atoms. The molecular formula is C18H18O. The molecule has 1 aromatic carbocycles. The molecule has 0 heterocycles. The number of hydrogen-bond donors (Lipinski definition) is 1. The van der Waals surface area contributed by atoms with E-state index >= 15 is 0 Å². The van der Waals surface area contributed by atoms with Gasteiger partial charge in [0.1, 0.15) is 0 Å². The molecule has 0 radical (unpaired) electrons. The lowest BCUT2D eigenvalue weighted by Gasteiger charge is -2.39. The lowest BCUT2D eigenvalue weighted by molar-refractivity contribution is 0.117. The fraction of sp³-hybridized carbons (Fsp3) is 0.333. The summed E-state index contributed by atoms with van der Waals surface area (Å²) in [7, 11) is 0. The molecule has 3 aliphatic carbocycles. The molecule has 1 saturated carbocycles. The van der Waals surface area contributed by atoms with Crippen LogP contribution in [0, 0.1) is 11.8 Å². The van der Waals surface area contributed by atoms with E-state index in [9.17, 15) is 5.11 Å². The molecule has 4 rings (SSSR count). The fourth-order valence-electron chi connectivity index (χ4n) is 3.81. The Bertz CT molecular complexity index is 606. The number of fused-ring (bicyclic) bond motifs is 5. The number of rotatable bonds is 0. The van der Waals surface area contributed by atoms with Gasteiger partial charge in [-0.3, -0.25) is 0 Å². The highest BCUT2D eigenvalue weighted by Crippen LogP contribution is 2.47. The van der Waals surface area contributed by atoms with Crippen molar-refractivity contribution in [3.63, 3.8) is 0 Å². The summed E-state index contributed by atoms with van der Waals surface area (Å²) in [5.74, 6) is 0.971. The van der Waals surface area contributed by atoms with E-state index in [1.807, 2.05) is 0 Å². The van der Waals surface area contributed by atoms with E-state index < -0.39 is 0 Å². The summed E-state index contributed by atoms with van der Waals surface area (Å²) in [6.07, 6.45) is 12.0. The van der Waals surface area contributed by atoms with Crippen LogP contribution in [0.3, 0.4) is 0 Å². The van der Waals surface area contributed by atoms with Gasteiger partial charge >= 0.3 is 0 Å². The van der Waals surface area contributed by atoms with Gasteiger partial charge in [-0.2, -0.15) is 0 Å². The van der Waals surface area contributed by atoms with E-state index in [4.69, 9.17) is 0 Å². The molecule has 3 aliphatic rings. The average Bonchev–Trinajstić information content (AvgIpc) is 2.46. The second kappa shape index (κ2) is 4.21. The minimum atomic E-state index is -0.118. The second-order valence-electron chi connectivity index (χ2n) is 5.87. The van der Waals surface area contributed by atoms with E-state index in [2.05, 4.69) is 48.6 Å². The predicted octanol–water partition coefficient (Wildman–Crippen LogP) is 3.81. The van der Waals surface area contributed by atoms with Gasteiger partial charge in [0.05, 0.1) is 6.10 Å². The number of aliphatic hydroxyl groups excluding tert-OH is 1. The Balaban J connectivity index is 1.81. The van der Waals surface area contributed by atoms with Gasteiger partial charge in [-0.05, 0) is 41.9 Å². The predicted molar refractivity (Wildman–Crippen MR) is 78.4 cm³/mol. The molecule has 19 heavy (non-hydrogen) atoms. The minimum absolute atomic E-state index is 0.118. The summed E-state index contributed by atoms with van der Waals surface area (Å²) in [5, 5.41) is 9.96. The molecule has 1 nitrogen and oxygen atoms in total. The van der Waals surface area contributed by atoms with Gasteiger partial charge < -0.3 is 5.11 Å². The maximum atomic E-state index is 9.96. The largest absolute Gasteiger partial charge is 0.393 e. The van der Waals surface area contributed by atoms with E-state index in [1.165, 1.54) is 22.3 Å². The van der Waals surface area contributed by atoms with Gasteiger partial charge in [-0.25, -0.2) is 0 Å². The second-order valence-corrected chi connectivity index (χ2v) is 5.87. The molecule has 0 saturated heterocycles. The molecule has 0 amide bonds. The highest BCUT2D eigenvalue weighted by atomic mass is 16.3. The molecule has 1 heteroatoms. The summed E-state index contributed by atoms with van der Waals surface area (Å²) < 4.78 is 0. The first-order valence-corrected chi connectivity index (χ1v) is 7.19. The van der Waals surface area contributed by atoms with Crippen molar-refractivity contribution in [2.45, 2.75) is 25.4 Å². The van der Waals surface area contributed by atoms with Crippen molar-refractivity contribution in [2.24, 2.45) is 11.8 Å². The lowest BCUT2D eigenvalue weighted by Crippen LogP contribution is -2.30. The molecule has 1 N–H and O–H groups in total. The standard InChI is InChI=1S/C18H18O/c19-14-8-5-13-7-9-16-15-4-2-1-3-12(15)6-10-17(16)18(13)11-14/h1-4,6-7,9-10,14,17-19H,5,8,11H2. The Kier molecular flexibility index (Phi) is 2.49. The lowest BCUT2D eigenvalue weighted by atomic mass is 9.66. The molecule has 3 atom stereocenters. The minimum Gasteiger partial charge on any atom is -0.393 e. The Morgan fingerprint density at radius 2 is 2.00 bits per heavy atom. The smallest absolute Gasteiger partial charge is 0.0549 e. The average molecular weight is 250 g/mol. The summed E-state index contributed by atoms with van der Waals surface area (Å²) in [4.78, 5) is 0. The van der Waals surface area contributed by atoms with Crippen LogP contribution in [-0.4, -0.2) is 11.2 Å². The zero-order valence-electron chi connectivity index (χ0n) is 10.9. The van der Waals surface area contributed by atoms with Crippen molar-refractivity contribution in [1.82, 2.24) is 0 Å². The van der Waals surface area contributed by atoms with Crippen molar-refractivity contribution in [3.05, 3.63) is 59.2 Å². The Hall–Kier alpha value is -1.60. The third-order valence-electron chi connectivity index (χ3n) is 4.79. The van der Waals surface area contributed by atoms with Crippen LogP contribution in [0.1, 0.15) is 30.4 Å². The van der Waals surface area contributed by atoms with E-state index in [0.29, 0.717) is 11.8 Å². The summed E-state index contributed by atoms with van der Waals surface area (Å²) in [5.41, 5.74) is 5.65. The molecular weight excluding hydrogens is 232 g/mol. The van der Waals surface area contributed by atoms with Crippen LogP contribution in [0.4, 0.5) is 0 Å². The third kappa shape index (κ3) is 1.73. The van der Waals surface area contributed by atoms with Crippen molar-refractivity contribution in [1.29, 1.82) is 0 Å². The normalized spacial score (nSPS) is 31.7. The van der Waals surface area contributed by atoms with Gasteiger partial charge in [0, 0.05) is 5.92 Å². The molecule has 0 aliphatic heterocycles. The molecule has 0 spiro atoms. The van der Waals surface area contributed by atoms with Crippen LogP contribution in [0.15, 0.2) is 48.1 Å². The first kappa shape index (κ1) is 11.2. The van der Waals surface area contributed by atoms with Crippen LogP contribution < -0.4 is 0 Å². The molecule has 96 valence electrons. The Labute approximate surface area is 114 Å². The number of benzene rings is 1. The van der Waals surface area contributed by atoms with Crippen LogP contribution in [0.2, 0.25) is 0 Å². The van der Waals surface area contributed by atoms with Gasteiger partial charge in [-0.15, -0.1) is 0 Å². The number of hydrogen-bond acceptors (Lipinski definition) is 1. The SMILES string of the molecule is OC1CCC2=CC=C3c4ccccc4C=CC3C2C1. The zero-order chi connectivity index (χ0) is 12.8. The first-order valence-electron chi connectivity index (χ1n) is 7.19. The molecule has 1 aromatic rings. The number of allylic oxidation sites excluding steroid dienone is 5. The summed E-state index contributed by atoms with van der Waals surface area (Å²) in [6.45, 7) is 0. The van der Waals surface area contributed by atoms with Crippen LogP contribution in [-0.2, 0) is 0 Å². The van der Waals surface area contributed by atoms with Crippen LogP contribution in [0.25, 0.3) is 11.6 Å². The van der Waals surface area contributed by atoms with Crippen LogP contribution >= 0.6 is 0 Å². The van der Waals surface area contributed by atoms with Crippen molar-refractivity contribution >= 4 is 11.6 Å². The fourth-order valence-corrected chi connectivity index (χ4v) is 3.81. The van der Waals surface area contributed by atoms with E-state index in [1.54, 1.807) is 0 Å². The highest BCUT2D eigenvalue weighted by Gasteiger charge is 2.35. The molecule has 0 aromatic heterocycles. The van der Waals surface area contributed by atoms with E-state index in [-0.39, 0.29) is 6.10 Å². The molecule has 1 fully saturated rings. The van der Waals surface area contributed by atoms with Crippen LogP contribution in [0.5, 0.6) is 0 Å². The van der Waals surface area contributed by atoms with E-state index in [0.717, 1.165) is 19.3 Å². The van der Waals surface area contributed by atoms with Crippen molar-refractivity contribution < 1.29 is 5.11 Å². The quantitative estimate of drug-likeness (QED) is 0.742. The maximum absolute atomic E-state index is 9.96. The van der Waals surface area contributed by atoms with Gasteiger partial charge in [0.2, 0.25) is 0 Å². The summed E-state index contributed by atoms with van der Waals surface area (Å²) in [6, 6.07) is 8.61. The van der Waals surface area contributed by atoms with Gasteiger partial charge in [-0.1, -0.05) is 54.1 Å². The number of aliphatic hydroxyl groups is 1. The Morgan fingerprint density at radius 1 is 1.11 bits per heavy atom. The van der Waals surface area contributed by atoms with Gasteiger partial charge in [0.25, 0.3) is 0 Å². The topological polar surface area (TPSA) is 20.2 Å². The third-order valence-corrected chi connectivity index (χ3v) is 4.79. The maximum Gasteiger partial charge on any atom is 0.0549 e. The van der Waals surface area contributed by atoms with Crippen molar-refractivity contribution in [2.75, 3.05) is 0 Å². The van der Waals surface area contributed by atoms with Gasteiger partial charge in [0.15, 0.2) is 0 Å². The monoisotopic (exact) mass is 250 g/mol. The highest BCUT2D eigenvalue weighted by molar-refractivity contribution is 5.83. The first-order chi connectivity index (χ1) is 9.33.